The molecule has 0 spiro atoms. The molecule has 0 saturated carbocycles. The predicted octanol–water partition coefficient (Wildman–Crippen LogP) is 2.32. The van der Waals surface area contributed by atoms with Crippen molar-refractivity contribution >= 4 is 47.2 Å². The summed E-state index contributed by atoms with van der Waals surface area (Å²) >= 11 is 7.40. The summed E-state index contributed by atoms with van der Waals surface area (Å²) in [6, 6.07) is 6.91. The molecule has 2 N–H and O–H groups in total. The third-order valence-corrected chi connectivity index (χ3v) is 5.20. The standard InChI is InChI=1S/C17H19ClN4O2S.ClH/c18-13-3-1-2-12(10-13)16(23)21-6-8-22(9-7-21)17(24)14-11-25-15(20-14)4-5-19;/h1-3,10-11H,4-9,19H2;1H. The van der Waals surface area contributed by atoms with Gasteiger partial charge in [0.25, 0.3) is 11.8 Å². The Balaban J connectivity index is 0.00000243. The van der Waals surface area contributed by atoms with Crippen LogP contribution in [0.25, 0.3) is 0 Å². The second kappa shape index (κ2) is 9.32. The van der Waals surface area contributed by atoms with Gasteiger partial charge in [0.15, 0.2) is 0 Å². The number of aromatic nitrogens is 1. The number of hydrogen-bond donors (Lipinski definition) is 1. The van der Waals surface area contributed by atoms with Gasteiger partial charge in [0.1, 0.15) is 5.69 Å². The Morgan fingerprint density at radius 3 is 2.42 bits per heavy atom. The predicted molar refractivity (Wildman–Crippen MR) is 105 cm³/mol. The molecule has 140 valence electrons. The molecule has 1 aliphatic rings. The molecule has 9 heteroatoms. The first-order valence-corrected chi connectivity index (χ1v) is 9.33. The molecule has 0 aliphatic carbocycles. The lowest BCUT2D eigenvalue weighted by molar-refractivity contribution is 0.0532. The van der Waals surface area contributed by atoms with Gasteiger partial charge in [-0.3, -0.25) is 9.59 Å². The number of amides is 2. The van der Waals surface area contributed by atoms with Gasteiger partial charge in [-0.25, -0.2) is 4.98 Å². The summed E-state index contributed by atoms with van der Waals surface area (Å²) in [5, 5.41) is 3.19. The van der Waals surface area contributed by atoms with E-state index in [0.29, 0.717) is 55.4 Å². The van der Waals surface area contributed by atoms with E-state index in [1.54, 1.807) is 39.4 Å². The van der Waals surface area contributed by atoms with Crippen LogP contribution >= 0.6 is 35.3 Å². The Hall–Kier alpha value is -1.67. The van der Waals surface area contributed by atoms with Crippen LogP contribution in [0, 0.1) is 0 Å². The Morgan fingerprint density at radius 2 is 1.81 bits per heavy atom. The maximum absolute atomic E-state index is 12.5. The highest BCUT2D eigenvalue weighted by molar-refractivity contribution is 7.09. The summed E-state index contributed by atoms with van der Waals surface area (Å²) in [5.41, 5.74) is 6.54. The van der Waals surface area contributed by atoms with Crippen molar-refractivity contribution < 1.29 is 9.59 Å². The van der Waals surface area contributed by atoms with Gasteiger partial charge in [-0.2, -0.15) is 0 Å². The number of benzene rings is 1. The van der Waals surface area contributed by atoms with Crippen molar-refractivity contribution in [3.05, 3.63) is 50.9 Å². The molecule has 26 heavy (non-hydrogen) atoms. The normalized spacial score (nSPS) is 14.1. The quantitative estimate of drug-likeness (QED) is 0.831. The first-order valence-electron chi connectivity index (χ1n) is 8.07. The molecule has 3 rings (SSSR count). The van der Waals surface area contributed by atoms with Crippen LogP contribution < -0.4 is 5.73 Å². The smallest absolute Gasteiger partial charge is 0.273 e. The zero-order valence-electron chi connectivity index (χ0n) is 14.1. The minimum atomic E-state index is -0.0885. The minimum absolute atomic E-state index is 0. The number of carbonyl (C=O) groups is 2. The van der Waals surface area contributed by atoms with E-state index < -0.39 is 0 Å². The molecule has 0 bridgehead atoms. The Labute approximate surface area is 167 Å². The van der Waals surface area contributed by atoms with Gasteiger partial charge >= 0.3 is 0 Å². The van der Waals surface area contributed by atoms with Crippen molar-refractivity contribution in [3.63, 3.8) is 0 Å². The third kappa shape index (κ3) is 4.73. The summed E-state index contributed by atoms with van der Waals surface area (Å²) in [5.74, 6) is -0.150. The summed E-state index contributed by atoms with van der Waals surface area (Å²) < 4.78 is 0. The maximum atomic E-state index is 12.5. The number of thiazole rings is 1. The number of rotatable bonds is 4. The highest BCUT2D eigenvalue weighted by Gasteiger charge is 2.26. The maximum Gasteiger partial charge on any atom is 0.273 e. The van der Waals surface area contributed by atoms with Crippen molar-refractivity contribution in [2.24, 2.45) is 5.73 Å². The first kappa shape index (κ1) is 20.6. The average Bonchev–Trinajstić information content (AvgIpc) is 3.09. The van der Waals surface area contributed by atoms with E-state index in [9.17, 15) is 9.59 Å². The van der Waals surface area contributed by atoms with Crippen LogP contribution in [0.2, 0.25) is 5.02 Å². The van der Waals surface area contributed by atoms with Crippen molar-refractivity contribution in [1.29, 1.82) is 0 Å². The molecular weight excluding hydrogens is 395 g/mol. The number of carbonyl (C=O) groups excluding carboxylic acids is 2. The molecule has 1 aromatic heterocycles. The van der Waals surface area contributed by atoms with Gasteiger partial charge in [-0.15, -0.1) is 23.7 Å². The number of nitrogens with two attached hydrogens (primary N) is 1. The Morgan fingerprint density at radius 1 is 1.15 bits per heavy atom. The van der Waals surface area contributed by atoms with E-state index >= 15 is 0 Å². The molecule has 1 aliphatic heterocycles. The zero-order chi connectivity index (χ0) is 17.8. The summed E-state index contributed by atoms with van der Waals surface area (Å²) in [6.07, 6.45) is 0.680. The Bertz CT molecular complexity index is 776. The topological polar surface area (TPSA) is 79.5 Å². The fourth-order valence-corrected chi connectivity index (χ4v) is 3.70. The van der Waals surface area contributed by atoms with Gasteiger partial charge in [-0.05, 0) is 24.7 Å². The third-order valence-electron chi connectivity index (χ3n) is 4.05. The number of nitrogens with zero attached hydrogens (tertiary/aromatic N) is 3. The van der Waals surface area contributed by atoms with E-state index in [2.05, 4.69) is 4.98 Å². The van der Waals surface area contributed by atoms with Crippen LogP contribution in [0.4, 0.5) is 0 Å². The van der Waals surface area contributed by atoms with E-state index in [1.807, 2.05) is 0 Å². The monoisotopic (exact) mass is 414 g/mol. The molecule has 0 radical (unpaired) electrons. The van der Waals surface area contributed by atoms with Gasteiger partial charge < -0.3 is 15.5 Å². The molecule has 6 nitrogen and oxygen atoms in total. The van der Waals surface area contributed by atoms with Crippen molar-refractivity contribution in [2.75, 3.05) is 32.7 Å². The first-order chi connectivity index (χ1) is 12.1. The Kier molecular flexibility index (Phi) is 7.40. The van der Waals surface area contributed by atoms with Crippen molar-refractivity contribution in [3.8, 4) is 0 Å². The van der Waals surface area contributed by atoms with E-state index in [1.165, 1.54) is 11.3 Å². The summed E-state index contributed by atoms with van der Waals surface area (Å²) in [4.78, 5) is 32.9. The van der Waals surface area contributed by atoms with Gasteiger partial charge in [-0.1, -0.05) is 17.7 Å². The van der Waals surface area contributed by atoms with Gasteiger partial charge in [0.2, 0.25) is 0 Å². The van der Waals surface area contributed by atoms with Crippen LogP contribution in [0.3, 0.4) is 0 Å². The fourth-order valence-electron chi connectivity index (χ4n) is 2.73. The number of halogens is 2. The van der Waals surface area contributed by atoms with E-state index in [4.69, 9.17) is 17.3 Å². The molecule has 0 atom stereocenters. The van der Waals surface area contributed by atoms with E-state index in [0.717, 1.165) is 5.01 Å². The average molecular weight is 415 g/mol. The van der Waals surface area contributed by atoms with Crippen LogP contribution in [0.1, 0.15) is 25.9 Å². The second-order valence-electron chi connectivity index (χ2n) is 5.76. The van der Waals surface area contributed by atoms with Gasteiger partial charge in [0.05, 0.1) is 5.01 Å². The molecule has 1 fully saturated rings. The lowest BCUT2D eigenvalue weighted by Gasteiger charge is -2.34. The zero-order valence-corrected chi connectivity index (χ0v) is 16.4. The fraction of sp³-hybridized carbons (Fsp3) is 0.353. The second-order valence-corrected chi connectivity index (χ2v) is 7.14. The highest BCUT2D eigenvalue weighted by atomic mass is 35.5. The molecular formula is C17H20Cl2N4O2S. The van der Waals surface area contributed by atoms with Crippen molar-refractivity contribution in [1.82, 2.24) is 14.8 Å². The molecule has 2 aromatic rings. The molecule has 1 aromatic carbocycles. The minimum Gasteiger partial charge on any atom is -0.335 e. The molecule has 0 unspecified atom stereocenters. The molecule has 2 amide bonds. The lowest BCUT2D eigenvalue weighted by atomic mass is 10.2. The number of hydrogen-bond acceptors (Lipinski definition) is 5. The van der Waals surface area contributed by atoms with Gasteiger partial charge in [0, 0.05) is 48.6 Å². The van der Waals surface area contributed by atoms with Crippen LogP contribution in [-0.4, -0.2) is 59.3 Å². The largest absolute Gasteiger partial charge is 0.335 e. The van der Waals surface area contributed by atoms with Crippen molar-refractivity contribution in [2.45, 2.75) is 6.42 Å². The van der Waals surface area contributed by atoms with E-state index in [-0.39, 0.29) is 24.2 Å². The molecule has 1 saturated heterocycles. The van der Waals surface area contributed by atoms with Crippen LogP contribution in [0.15, 0.2) is 29.6 Å². The molecule has 2 heterocycles. The lowest BCUT2D eigenvalue weighted by Crippen LogP contribution is -2.50. The highest BCUT2D eigenvalue weighted by Crippen LogP contribution is 2.16. The summed E-state index contributed by atoms with van der Waals surface area (Å²) in [6.45, 7) is 2.50. The van der Waals surface area contributed by atoms with Crippen LogP contribution in [-0.2, 0) is 6.42 Å². The summed E-state index contributed by atoms with van der Waals surface area (Å²) in [7, 11) is 0. The SMILES string of the molecule is Cl.NCCc1nc(C(=O)N2CCN(C(=O)c3cccc(Cl)c3)CC2)cs1. The van der Waals surface area contributed by atoms with Crippen LogP contribution in [0.5, 0.6) is 0 Å². The number of piperazine rings is 1.